The summed E-state index contributed by atoms with van der Waals surface area (Å²) in [5.74, 6) is -3.51. The lowest BCUT2D eigenvalue weighted by atomic mass is 10.00. The van der Waals surface area contributed by atoms with E-state index in [0.29, 0.717) is 6.07 Å². The highest BCUT2D eigenvalue weighted by molar-refractivity contribution is 9.10. The molecule has 0 bridgehead atoms. The standard InChI is InChI=1S/C14H9BrF4O/c15-9-3-4-10(17)13(14(9)19)12(20)5-7-1-2-8(16)6-11(7)18/h1-4,6,12,20H,5H2. The summed E-state index contributed by atoms with van der Waals surface area (Å²) < 4.78 is 53.6. The van der Waals surface area contributed by atoms with E-state index in [4.69, 9.17) is 0 Å². The third kappa shape index (κ3) is 3.02. The average molecular weight is 349 g/mol. The Morgan fingerprint density at radius 2 is 1.70 bits per heavy atom. The van der Waals surface area contributed by atoms with Gasteiger partial charge in [-0.1, -0.05) is 6.07 Å². The fraction of sp³-hybridized carbons (Fsp3) is 0.143. The fourth-order valence-electron chi connectivity index (χ4n) is 1.85. The van der Waals surface area contributed by atoms with Gasteiger partial charge in [0.1, 0.15) is 23.3 Å². The van der Waals surface area contributed by atoms with Crippen molar-refractivity contribution in [3.05, 3.63) is 69.2 Å². The summed E-state index contributed by atoms with van der Waals surface area (Å²) in [6.45, 7) is 0. The predicted octanol–water partition coefficient (Wildman–Crippen LogP) is 4.28. The molecule has 0 aliphatic heterocycles. The maximum atomic E-state index is 13.8. The predicted molar refractivity (Wildman–Crippen MR) is 69.1 cm³/mol. The Labute approximate surface area is 121 Å². The number of hydrogen-bond donors (Lipinski definition) is 1. The molecular formula is C14H9BrF4O. The van der Waals surface area contributed by atoms with E-state index in [2.05, 4.69) is 15.9 Å². The summed E-state index contributed by atoms with van der Waals surface area (Å²) in [7, 11) is 0. The highest BCUT2D eigenvalue weighted by atomic mass is 79.9. The molecule has 2 rings (SSSR count). The molecule has 2 aromatic carbocycles. The number of aliphatic hydroxyl groups is 1. The molecule has 0 spiro atoms. The first kappa shape index (κ1) is 15.0. The van der Waals surface area contributed by atoms with Crippen LogP contribution in [0.2, 0.25) is 0 Å². The maximum absolute atomic E-state index is 13.8. The number of benzene rings is 2. The second-order valence-corrected chi connectivity index (χ2v) is 5.07. The Bertz CT molecular complexity index is 645. The number of hydrogen-bond acceptors (Lipinski definition) is 1. The fourth-order valence-corrected chi connectivity index (χ4v) is 2.19. The van der Waals surface area contributed by atoms with Crippen molar-refractivity contribution in [3.8, 4) is 0 Å². The third-order valence-corrected chi connectivity index (χ3v) is 3.45. The van der Waals surface area contributed by atoms with Crippen LogP contribution in [0.15, 0.2) is 34.8 Å². The third-order valence-electron chi connectivity index (χ3n) is 2.84. The molecule has 0 amide bonds. The first-order chi connectivity index (χ1) is 9.40. The molecule has 106 valence electrons. The van der Waals surface area contributed by atoms with Crippen molar-refractivity contribution >= 4 is 15.9 Å². The zero-order valence-corrected chi connectivity index (χ0v) is 11.6. The highest BCUT2D eigenvalue weighted by Gasteiger charge is 2.21. The molecule has 0 aliphatic carbocycles. The van der Waals surface area contributed by atoms with Gasteiger partial charge in [0.2, 0.25) is 0 Å². The van der Waals surface area contributed by atoms with Gasteiger partial charge in [-0.05, 0) is 39.7 Å². The van der Waals surface area contributed by atoms with Crippen LogP contribution < -0.4 is 0 Å². The van der Waals surface area contributed by atoms with E-state index >= 15 is 0 Å². The van der Waals surface area contributed by atoms with Crippen molar-refractivity contribution in [2.45, 2.75) is 12.5 Å². The molecule has 0 saturated heterocycles. The first-order valence-corrected chi connectivity index (χ1v) is 6.45. The zero-order chi connectivity index (χ0) is 14.9. The summed E-state index contributed by atoms with van der Waals surface area (Å²) in [6, 6.07) is 4.95. The molecule has 1 unspecified atom stereocenters. The van der Waals surface area contributed by atoms with Crippen LogP contribution in [0.4, 0.5) is 17.6 Å². The Balaban J connectivity index is 2.33. The topological polar surface area (TPSA) is 20.2 Å². The SMILES string of the molecule is OC(Cc1ccc(F)cc1F)c1c(F)ccc(Br)c1F. The molecule has 0 aliphatic rings. The van der Waals surface area contributed by atoms with Crippen LogP contribution in [0.5, 0.6) is 0 Å². The summed E-state index contributed by atoms with van der Waals surface area (Å²) in [4.78, 5) is 0. The zero-order valence-electron chi connectivity index (χ0n) is 10.0. The van der Waals surface area contributed by atoms with E-state index in [-0.39, 0.29) is 16.5 Å². The maximum Gasteiger partial charge on any atom is 0.146 e. The van der Waals surface area contributed by atoms with Crippen LogP contribution in [-0.2, 0) is 6.42 Å². The molecule has 0 heterocycles. The molecule has 1 atom stereocenters. The summed E-state index contributed by atoms with van der Waals surface area (Å²) in [5, 5.41) is 9.89. The van der Waals surface area contributed by atoms with Gasteiger partial charge < -0.3 is 5.11 Å². The minimum Gasteiger partial charge on any atom is -0.388 e. The minimum absolute atomic E-state index is 0.00692. The van der Waals surface area contributed by atoms with E-state index in [0.717, 1.165) is 18.2 Å². The van der Waals surface area contributed by atoms with Gasteiger partial charge in [0, 0.05) is 12.5 Å². The normalized spacial score (nSPS) is 12.5. The van der Waals surface area contributed by atoms with Gasteiger partial charge in [0.15, 0.2) is 0 Å². The van der Waals surface area contributed by atoms with E-state index < -0.39 is 34.9 Å². The van der Waals surface area contributed by atoms with Gasteiger partial charge in [0.25, 0.3) is 0 Å². The Hall–Kier alpha value is -1.40. The van der Waals surface area contributed by atoms with Crippen molar-refractivity contribution in [2.75, 3.05) is 0 Å². The van der Waals surface area contributed by atoms with Crippen LogP contribution in [0, 0.1) is 23.3 Å². The van der Waals surface area contributed by atoms with Gasteiger partial charge >= 0.3 is 0 Å². The molecule has 0 radical (unpaired) electrons. The number of aliphatic hydroxyl groups excluding tert-OH is 1. The molecule has 1 N–H and O–H groups in total. The largest absolute Gasteiger partial charge is 0.388 e. The summed E-state index contributed by atoms with van der Waals surface area (Å²) >= 11 is 2.88. The van der Waals surface area contributed by atoms with E-state index in [1.54, 1.807) is 0 Å². The van der Waals surface area contributed by atoms with E-state index in [1.165, 1.54) is 6.07 Å². The molecule has 0 fully saturated rings. The van der Waals surface area contributed by atoms with Crippen molar-refractivity contribution in [1.29, 1.82) is 0 Å². The van der Waals surface area contributed by atoms with Gasteiger partial charge in [-0.15, -0.1) is 0 Å². The van der Waals surface area contributed by atoms with E-state index in [1.807, 2.05) is 0 Å². The molecule has 1 nitrogen and oxygen atoms in total. The molecule has 0 saturated carbocycles. The molecule has 2 aromatic rings. The van der Waals surface area contributed by atoms with Crippen molar-refractivity contribution in [3.63, 3.8) is 0 Å². The number of rotatable bonds is 3. The molecule has 6 heteroatoms. The average Bonchev–Trinajstić information content (AvgIpc) is 2.38. The van der Waals surface area contributed by atoms with Crippen molar-refractivity contribution < 1.29 is 22.7 Å². The molecule has 20 heavy (non-hydrogen) atoms. The van der Waals surface area contributed by atoms with Crippen LogP contribution in [0.25, 0.3) is 0 Å². The van der Waals surface area contributed by atoms with Crippen molar-refractivity contribution in [1.82, 2.24) is 0 Å². The van der Waals surface area contributed by atoms with Gasteiger partial charge in [0.05, 0.1) is 16.1 Å². The minimum atomic E-state index is -1.58. The lowest BCUT2D eigenvalue weighted by Crippen LogP contribution is -2.09. The summed E-state index contributed by atoms with van der Waals surface area (Å²) in [5.41, 5.74) is -0.583. The van der Waals surface area contributed by atoms with Gasteiger partial charge in [-0.3, -0.25) is 0 Å². The molecular weight excluding hydrogens is 340 g/mol. The van der Waals surface area contributed by atoms with Crippen LogP contribution >= 0.6 is 15.9 Å². The quantitative estimate of drug-likeness (QED) is 0.648. The lowest BCUT2D eigenvalue weighted by Gasteiger charge is -2.14. The lowest BCUT2D eigenvalue weighted by molar-refractivity contribution is 0.167. The van der Waals surface area contributed by atoms with Gasteiger partial charge in [-0.2, -0.15) is 0 Å². The Morgan fingerprint density at radius 1 is 1.00 bits per heavy atom. The van der Waals surface area contributed by atoms with E-state index in [9.17, 15) is 22.7 Å². The van der Waals surface area contributed by atoms with Crippen LogP contribution in [-0.4, -0.2) is 5.11 Å². The number of halogens is 5. The molecule has 0 aromatic heterocycles. The van der Waals surface area contributed by atoms with Crippen molar-refractivity contribution in [2.24, 2.45) is 0 Å². The smallest absolute Gasteiger partial charge is 0.146 e. The van der Waals surface area contributed by atoms with Crippen LogP contribution in [0.1, 0.15) is 17.2 Å². The second-order valence-electron chi connectivity index (χ2n) is 4.21. The Kier molecular flexibility index (Phi) is 4.45. The first-order valence-electron chi connectivity index (χ1n) is 5.65. The van der Waals surface area contributed by atoms with Gasteiger partial charge in [-0.25, -0.2) is 17.6 Å². The Morgan fingerprint density at radius 3 is 2.35 bits per heavy atom. The highest BCUT2D eigenvalue weighted by Crippen LogP contribution is 2.29. The summed E-state index contributed by atoms with van der Waals surface area (Å²) in [6.07, 6.45) is -1.94. The monoisotopic (exact) mass is 348 g/mol. The second kappa shape index (κ2) is 5.93. The van der Waals surface area contributed by atoms with Crippen LogP contribution in [0.3, 0.4) is 0 Å².